The van der Waals surface area contributed by atoms with E-state index in [0.29, 0.717) is 6.42 Å². The largest absolute Gasteiger partial charge is 0.278 e. The van der Waals surface area contributed by atoms with Crippen LogP contribution in [0.5, 0.6) is 0 Å². The minimum absolute atomic E-state index is 0.0426. The molecule has 0 spiro atoms. The average molecular weight is 366 g/mol. The van der Waals surface area contributed by atoms with Crippen LogP contribution in [0.15, 0.2) is 55.1 Å². The third-order valence-corrected chi connectivity index (χ3v) is 4.91. The summed E-state index contributed by atoms with van der Waals surface area (Å²) >= 11 is 0. The predicted molar refractivity (Wildman–Crippen MR) is 112 cm³/mol. The highest BCUT2D eigenvalue weighted by molar-refractivity contribution is 6.00. The van der Waals surface area contributed by atoms with Crippen molar-refractivity contribution in [3.63, 3.8) is 0 Å². The van der Waals surface area contributed by atoms with E-state index in [1.807, 2.05) is 71.1 Å². The second-order valence-corrected chi connectivity index (χ2v) is 8.37. The van der Waals surface area contributed by atoms with Gasteiger partial charge in [0.1, 0.15) is 0 Å². The van der Waals surface area contributed by atoms with Crippen molar-refractivity contribution >= 4 is 17.4 Å². The van der Waals surface area contributed by atoms with Gasteiger partial charge in [-0.15, -0.1) is 0 Å². The highest BCUT2D eigenvalue weighted by atomic mass is 16.2. The van der Waals surface area contributed by atoms with Crippen LogP contribution >= 0.6 is 0 Å². The molecule has 3 heteroatoms. The molecule has 0 aliphatic carbocycles. The number of hydrogen-bond acceptors (Lipinski definition) is 2. The fourth-order valence-electron chi connectivity index (χ4n) is 3.34. The standard InChI is InChI=1S/C24H31NO2/c1-7-8-9-10-17(2)20-13-11-19(12-14-20)16-21-15-18(3)22(26)25(21)23(27)24(4,5)6/h7-14,18,21H,2,15-16H2,1,3-6H3/b8-7-,10-9-/t18-,21-/m0/s1. The fourth-order valence-corrected chi connectivity index (χ4v) is 3.34. The number of rotatable bonds is 5. The first-order valence-corrected chi connectivity index (χ1v) is 9.60. The smallest absolute Gasteiger partial charge is 0.234 e. The van der Waals surface area contributed by atoms with Crippen molar-refractivity contribution in [3.05, 3.63) is 66.3 Å². The summed E-state index contributed by atoms with van der Waals surface area (Å²) in [6.07, 6.45) is 9.31. The Morgan fingerprint density at radius 3 is 2.41 bits per heavy atom. The first-order valence-electron chi connectivity index (χ1n) is 9.60. The van der Waals surface area contributed by atoms with Crippen LogP contribution < -0.4 is 0 Å². The third kappa shape index (κ3) is 5.06. The zero-order valence-corrected chi connectivity index (χ0v) is 17.2. The van der Waals surface area contributed by atoms with Gasteiger partial charge in [0.05, 0.1) is 0 Å². The molecule has 1 fully saturated rings. The Bertz CT molecular complexity index is 763. The van der Waals surface area contributed by atoms with Gasteiger partial charge >= 0.3 is 0 Å². The molecule has 1 aliphatic rings. The predicted octanol–water partition coefficient (Wildman–Crippen LogP) is 5.18. The molecule has 1 aliphatic heterocycles. The van der Waals surface area contributed by atoms with Gasteiger partial charge in [0, 0.05) is 17.4 Å². The van der Waals surface area contributed by atoms with Crippen LogP contribution in [0.4, 0.5) is 0 Å². The van der Waals surface area contributed by atoms with Crippen molar-refractivity contribution in [1.29, 1.82) is 0 Å². The summed E-state index contributed by atoms with van der Waals surface area (Å²) in [5.41, 5.74) is 2.59. The van der Waals surface area contributed by atoms with Crippen molar-refractivity contribution in [1.82, 2.24) is 4.90 Å². The van der Waals surface area contributed by atoms with Crippen molar-refractivity contribution < 1.29 is 9.59 Å². The Hall–Kier alpha value is -2.42. The van der Waals surface area contributed by atoms with E-state index in [0.717, 1.165) is 23.1 Å². The summed E-state index contributed by atoms with van der Waals surface area (Å²) < 4.78 is 0. The third-order valence-electron chi connectivity index (χ3n) is 4.91. The molecule has 2 amide bonds. The highest BCUT2D eigenvalue weighted by Gasteiger charge is 2.43. The maximum Gasteiger partial charge on any atom is 0.234 e. The number of imide groups is 1. The number of hydrogen-bond donors (Lipinski definition) is 0. The lowest BCUT2D eigenvalue weighted by molar-refractivity contribution is -0.150. The van der Waals surface area contributed by atoms with Crippen LogP contribution in [0.3, 0.4) is 0 Å². The van der Waals surface area contributed by atoms with E-state index in [-0.39, 0.29) is 23.8 Å². The maximum atomic E-state index is 12.8. The lowest BCUT2D eigenvalue weighted by atomic mass is 9.93. The summed E-state index contributed by atoms with van der Waals surface area (Å²) in [6, 6.07) is 8.17. The van der Waals surface area contributed by atoms with Gasteiger partial charge in [-0.3, -0.25) is 14.5 Å². The van der Waals surface area contributed by atoms with Crippen molar-refractivity contribution in [2.75, 3.05) is 0 Å². The van der Waals surface area contributed by atoms with Gasteiger partial charge in [-0.1, -0.05) is 82.8 Å². The van der Waals surface area contributed by atoms with Gasteiger partial charge < -0.3 is 0 Å². The van der Waals surface area contributed by atoms with Crippen LogP contribution in [0.2, 0.25) is 0 Å². The normalized spacial score (nSPS) is 20.8. The average Bonchev–Trinajstić information content (AvgIpc) is 2.88. The molecule has 1 saturated heterocycles. The number of carbonyl (C=O) groups is 2. The van der Waals surface area contributed by atoms with Gasteiger partial charge in [0.25, 0.3) is 0 Å². The molecule has 2 rings (SSSR count). The van der Waals surface area contributed by atoms with Crippen LogP contribution in [0.25, 0.3) is 5.57 Å². The topological polar surface area (TPSA) is 37.4 Å². The molecule has 0 bridgehead atoms. The van der Waals surface area contributed by atoms with E-state index in [2.05, 4.69) is 18.7 Å². The summed E-state index contributed by atoms with van der Waals surface area (Å²) in [4.78, 5) is 26.8. The molecular formula is C24H31NO2. The lowest BCUT2D eigenvalue weighted by Gasteiger charge is -2.29. The van der Waals surface area contributed by atoms with E-state index < -0.39 is 5.41 Å². The molecule has 144 valence electrons. The maximum absolute atomic E-state index is 12.8. The quantitative estimate of drug-likeness (QED) is 0.674. The highest BCUT2D eigenvalue weighted by Crippen LogP contribution is 2.31. The zero-order chi connectivity index (χ0) is 20.2. The van der Waals surface area contributed by atoms with E-state index in [1.54, 1.807) is 0 Å². The van der Waals surface area contributed by atoms with E-state index in [4.69, 9.17) is 0 Å². The van der Waals surface area contributed by atoms with Crippen LogP contribution in [-0.2, 0) is 16.0 Å². The number of benzene rings is 1. The van der Waals surface area contributed by atoms with Crippen LogP contribution in [-0.4, -0.2) is 22.8 Å². The number of likely N-dealkylation sites (tertiary alicyclic amines) is 1. The Labute approximate surface area is 163 Å². The van der Waals surface area contributed by atoms with Gasteiger partial charge in [0.2, 0.25) is 11.8 Å². The lowest BCUT2D eigenvalue weighted by Crippen LogP contribution is -2.46. The Morgan fingerprint density at radius 2 is 1.85 bits per heavy atom. The number of carbonyl (C=O) groups excluding carboxylic acids is 2. The zero-order valence-electron chi connectivity index (χ0n) is 17.2. The molecule has 27 heavy (non-hydrogen) atoms. The number of amides is 2. The van der Waals surface area contributed by atoms with Crippen LogP contribution in [0, 0.1) is 11.3 Å². The molecule has 0 N–H and O–H groups in total. The molecule has 0 saturated carbocycles. The van der Waals surface area contributed by atoms with Gasteiger partial charge in [-0.05, 0) is 36.5 Å². The Balaban J connectivity index is 2.14. The van der Waals surface area contributed by atoms with Gasteiger partial charge in [-0.25, -0.2) is 0 Å². The van der Waals surface area contributed by atoms with Crippen LogP contribution in [0.1, 0.15) is 52.2 Å². The molecule has 1 aromatic carbocycles. The number of nitrogens with zero attached hydrogens (tertiary/aromatic N) is 1. The summed E-state index contributed by atoms with van der Waals surface area (Å²) in [5.74, 6) is -0.225. The second kappa shape index (κ2) is 8.51. The molecular weight excluding hydrogens is 334 g/mol. The van der Waals surface area contributed by atoms with E-state index in [1.165, 1.54) is 4.90 Å². The first kappa shape index (κ1) is 20.9. The minimum atomic E-state index is -0.557. The van der Waals surface area contributed by atoms with Crippen molar-refractivity contribution in [2.24, 2.45) is 11.3 Å². The monoisotopic (exact) mass is 365 g/mol. The van der Waals surface area contributed by atoms with Gasteiger partial charge in [-0.2, -0.15) is 0 Å². The summed E-state index contributed by atoms with van der Waals surface area (Å²) in [5, 5.41) is 0. The fraction of sp³-hybridized carbons (Fsp3) is 0.417. The first-order chi connectivity index (χ1) is 12.6. The molecule has 0 unspecified atom stereocenters. The molecule has 2 atom stereocenters. The summed E-state index contributed by atoms with van der Waals surface area (Å²) in [7, 11) is 0. The molecule has 1 heterocycles. The summed E-state index contributed by atoms with van der Waals surface area (Å²) in [6.45, 7) is 13.6. The molecule has 0 aromatic heterocycles. The SMILES string of the molecule is C=C(/C=C\C=C/C)c1ccc(C[C@@H]2C[C@H](C)C(=O)N2C(=O)C(C)(C)C)cc1. The van der Waals surface area contributed by atoms with Crippen molar-refractivity contribution in [3.8, 4) is 0 Å². The Kier molecular flexibility index (Phi) is 6.59. The Morgan fingerprint density at radius 1 is 1.22 bits per heavy atom. The molecule has 3 nitrogen and oxygen atoms in total. The number of allylic oxidation sites excluding steroid dienone is 5. The molecule has 0 radical (unpaired) electrons. The molecule has 1 aromatic rings. The second-order valence-electron chi connectivity index (χ2n) is 8.37. The minimum Gasteiger partial charge on any atom is -0.278 e. The van der Waals surface area contributed by atoms with Crippen molar-refractivity contribution in [2.45, 2.75) is 53.5 Å². The van der Waals surface area contributed by atoms with E-state index in [9.17, 15) is 9.59 Å². The van der Waals surface area contributed by atoms with Gasteiger partial charge in [0.15, 0.2) is 0 Å². The van der Waals surface area contributed by atoms with E-state index >= 15 is 0 Å².